The molecule has 0 spiro atoms. The molecular weight excluding hydrogens is 372 g/mol. The topological polar surface area (TPSA) is 85.9 Å². The van der Waals surface area contributed by atoms with Gasteiger partial charge in [-0.25, -0.2) is 0 Å². The molecule has 0 bridgehead atoms. The third-order valence-electron chi connectivity index (χ3n) is 4.75. The number of hydrogen-bond acceptors (Lipinski definition) is 5. The summed E-state index contributed by atoms with van der Waals surface area (Å²) in [5.41, 5.74) is 2.82. The van der Waals surface area contributed by atoms with Crippen molar-refractivity contribution in [3.05, 3.63) is 53.1 Å². The molecule has 1 heterocycles. The molecule has 0 saturated heterocycles. The molecule has 0 radical (unpaired) electrons. The van der Waals surface area contributed by atoms with Gasteiger partial charge in [0.05, 0.1) is 13.2 Å². The van der Waals surface area contributed by atoms with E-state index in [0.29, 0.717) is 36.8 Å². The Bertz CT molecular complexity index is 897. The second kappa shape index (κ2) is 9.43. The van der Waals surface area contributed by atoms with E-state index < -0.39 is 6.10 Å². The van der Waals surface area contributed by atoms with E-state index in [0.717, 1.165) is 23.3 Å². The number of rotatable bonds is 6. The Labute approximate surface area is 170 Å². The van der Waals surface area contributed by atoms with Crippen molar-refractivity contribution >= 4 is 17.5 Å². The van der Waals surface area contributed by atoms with Gasteiger partial charge in [-0.15, -0.1) is 0 Å². The lowest BCUT2D eigenvalue weighted by atomic mass is 10.1. The highest BCUT2D eigenvalue weighted by molar-refractivity contribution is 5.98. The van der Waals surface area contributed by atoms with Gasteiger partial charge >= 0.3 is 0 Å². The van der Waals surface area contributed by atoms with Crippen LogP contribution in [0.2, 0.25) is 0 Å². The quantitative estimate of drug-likeness (QED) is 0.781. The molecule has 2 aromatic carbocycles. The van der Waals surface area contributed by atoms with Gasteiger partial charge in [0.2, 0.25) is 0 Å². The Morgan fingerprint density at radius 3 is 2.62 bits per heavy atom. The molecule has 1 atom stereocenters. The van der Waals surface area contributed by atoms with Gasteiger partial charge in [-0.2, -0.15) is 0 Å². The zero-order chi connectivity index (χ0) is 20.8. The molecule has 2 amide bonds. The molecule has 1 aliphatic heterocycles. The van der Waals surface area contributed by atoms with Crippen molar-refractivity contribution < 1.29 is 23.8 Å². The van der Waals surface area contributed by atoms with Gasteiger partial charge in [-0.05, 0) is 49.2 Å². The van der Waals surface area contributed by atoms with Crippen LogP contribution in [0.15, 0.2) is 36.4 Å². The van der Waals surface area contributed by atoms with Gasteiger partial charge in [-0.3, -0.25) is 9.59 Å². The molecule has 0 aromatic heterocycles. The minimum atomic E-state index is -0.578. The zero-order valence-corrected chi connectivity index (χ0v) is 16.9. The van der Waals surface area contributed by atoms with Crippen molar-refractivity contribution in [1.82, 2.24) is 5.32 Å². The van der Waals surface area contributed by atoms with Crippen LogP contribution in [0.3, 0.4) is 0 Å². The van der Waals surface area contributed by atoms with Crippen molar-refractivity contribution in [2.45, 2.75) is 32.9 Å². The van der Waals surface area contributed by atoms with Gasteiger partial charge < -0.3 is 24.8 Å². The van der Waals surface area contributed by atoms with E-state index in [1.807, 2.05) is 25.1 Å². The number of hydrogen-bond donors (Lipinski definition) is 2. The van der Waals surface area contributed by atoms with Crippen molar-refractivity contribution in [3.8, 4) is 11.5 Å². The maximum absolute atomic E-state index is 12.6. The summed E-state index contributed by atoms with van der Waals surface area (Å²) in [5.74, 6) is 0.927. The molecule has 7 heteroatoms. The van der Waals surface area contributed by atoms with Crippen LogP contribution in [0.4, 0.5) is 5.69 Å². The molecule has 0 aliphatic carbocycles. The number of ether oxygens (including phenoxy) is 3. The van der Waals surface area contributed by atoms with Crippen molar-refractivity contribution in [3.63, 3.8) is 0 Å². The van der Waals surface area contributed by atoms with E-state index in [-0.39, 0.29) is 11.8 Å². The second-order valence-electron chi connectivity index (χ2n) is 6.91. The number of methoxy groups -OCH3 is 1. The Hall–Kier alpha value is -3.06. The molecule has 2 N–H and O–H groups in total. The standard InChI is InChI=1S/C22H26N2O5/c1-14-5-7-17(12-18(14)24-21(25)15(2)27-3)22(26)23-13-16-6-8-19-20(11-16)29-10-4-9-28-19/h5-8,11-12,15H,4,9-10,13H2,1-3H3,(H,23,26)(H,24,25). The van der Waals surface area contributed by atoms with Gasteiger partial charge in [0, 0.05) is 31.3 Å². The molecule has 29 heavy (non-hydrogen) atoms. The first kappa shape index (κ1) is 20.7. The van der Waals surface area contributed by atoms with Crippen LogP contribution < -0.4 is 20.1 Å². The number of carbonyl (C=O) groups is 2. The zero-order valence-electron chi connectivity index (χ0n) is 16.9. The number of fused-ring (bicyclic) bond motifs is 1. The minimum Gasteiger partial charge on any atom is -0.490 e. The normalized spacial score (nSPS) is 13.9. The third kappa shape index (κ3) is 5.26. The van der Waals surface area contributed by atoms with E-state index >= 15 is 0 Å². The van der Waals surface area contributed by atoms with Crippen molar-refractivity contribution in [2.75, 3.05) is 25.6 Å². The molecule has 0 saturated carbocycles. The first-order valence-corrected chi connectivity index (χ1v) is 9.59. The Morgan fingerprint density at radius 2 is 1.86 bits per heavy atom. The SMILES string of the molecule is COC(C)C(=O)Nc1cc(C(=O)NCc2ccc3c(c2)OCCCO3)ccc1C. The monoisotopic (exact) mass is 398 g/mol. The maximum Gasteiger partial charge on any atom is 0.253 e. The smallest absolute Gasteiger partial charge is 0.253 e. The average Bonchev–Trinajstić information content (AvgIpc) is 2.97. The lowest BCUT2D eigenvalue weighted by molar-refractivity contribution is -0.124. The lowest BCUT2D eigenvalue weighted by Gasteiger charge is -2.14. The highest BCUT2D eigenvalue weighted by Crippen LogP contribution is 2.30. The van der Waals surface area contributed by atoms with E-state index in [2.05, 4.69) is 10.6 Å². The van der Waals surface area contributed by atoms with Gasteiger partial charge in [0.15, 0.2) is 11.5 Å². The summed E-state index contributed by atoms with van der Waals surface area (Å²) in [6.07, 6.45) is 0.266. The van der Waals surface area contributed by atoms with Crippen LogP contribution >= 0.6 is 0 Å². The highest BCUT2D eigenvalue weighted by atomic mass is 16.5. The van der Waals surface area contributed by atoms with Crippen LogP contribution in [-0.2, 0) is 16.1 Å². The van der Waals surface area contributed by atoms with Crippen LogP contribution in [0.1, 0.15) is 34.8 Å². The van der Waals surface area contributed by atoms with Crippen LogP contribution in [0.25, 0.3) is 0 Å². The third-order valence-corrected chi connectivity index (χ3v) is 4.75. The molecule has 3 rings (SSSR count). The predicted molar refractivity (Wildman–Crippen MR) is 109 cm³/mol. The van der Waals surface area contributed by atoms with Crippen LogP contribution in [0, 0.1) is 6.92 Å². The summed E-state index contributed by atoms with van der Waals surface area (Å²) in [6, 6.07) is 10.8. The Morgan fingerprint density at radius 1 is 1.10 bits per heavy atom. The maximum atomic E-state index is 12.6. The second-order valence-corrected chi connectivity index (χ2v) is 6.91. The lowest BCUT2D eigenvalue weighted by Crippen LogP contribution is -2.27. The van der Waals surface area contributed by atoms with E-state index in [1.165, 1.54) is 7.11 Å². The number of amides is 2. The summed E-state index contributed by atoms with van der Waals surface area (Å²) in [7, 11) is 1.47. The number of nitrogens with one attached hydrogen (secondary N) is 2. The van der Waals surface area contributed by atoms with Gasteiger partial charge in [-0.1, -0.05) is 12.1 Å². The fraction of sp³-hybridized carbons (Fsp3) is 0.364. The largest absolute Gasteiger partial charge is 0.490 e. The first-order chi connectivity index (χ1) is 14.0. The van der Waals surface area contributed by atoms with E-state index in [1.54, 1.807) is 25.1 Å². The summed E-state index contributed by atoms with van der Waals surface area (Å²) < 4.78 is 16.3. The minimum absolute atomic E-state index is 0.229. The van der Waals surface area contributed by atoms with Crippen LogP contribution in [-0.4, -0.2) is 38.2 Å². The number of benzene rings is 2. The molecule has 0 fully saturated rings. The Kier molecular flexibility index (Phi) is 6.72. The highest BCUT2D eigenvalue weighted by Gasteiger charge is 2.15. The first-order valence-electron chi connectivity index (χ1n) is 9.59. The summed E-state index contributed by atoms with van der Waals surface area (Å²) in [4.78, 5) is 24.7. The van der Waals surface area contributed by atoms with Crippen molar-refractivity contribution in [2.24, 2.45) is 0 Å². The van der Waals surface area contributed by atoms with E-state index in [9.17, 15) is 9.59 Å². The van der Waals surface area contributed by atoms with Crippen LogP contribution in [0.5, 0.6) is 11.5 Å². The van der Waals surface area contributed by atoms with Crippen molar-refractivity contribution in [1.29, 1.82) is 0 Å². The fourth-order valence-corrected chi connectivity index (χ4v) is 2.84. The number of carbonyl (C=O) groups excluding carboxylic acids is 2. The molecule has 1 unspecified atom stereocenters. The predicted octanol–water partition coefficient (Wildman–Crippen LogP) is 3.06. The summed E-state index contributed by atoms with van der Waals surface area (Å²) in [5, 5.41) is 5.69. The molecule has 154 valence electrons. The average molecular weight is 398 g/mol. The van der Waals surface area contributed by atoms with Gasteiger partial charge in [0.1, 0.15) is 6.10 Å². The fourth-order valence-electron chi connectivity index (χ4n) is 2.84. The summed E-state index contributed by atoms with van der Waals surface area (Å²) >= 11 is 0. The summed E-state index contributed by atoms with van der Waals surface area (Å²) in [6.45, 7) is 5.13. The molecule has 1 aliphatic rings. The Balaban J connectivity index is 1.66. The number of aryl methyl sites for hydroxylation is 1. The molecular formula is C22H26N2O5. The number of anilines is 1. The van der Waals surface area contributed by atoms with E-state index in [4.69, 9.17) is 14.2 Å². The van der Waals surface area contributed by atoms with Gasteiger partial charge in [0.25, 0.3) is 11.8 Å². The molecule has 2 aromatic rings. The molecule has 7 nitrogen and oxygen atoms in total.